The highest BCUT2D eigenvalue weighted by atomic mass is 35.5. The fourth-order valence-electron chi connectivity index (χ4n) is 3.75. The van der Waals surface area contributed by atoms with Crippen molar-refractivity contribution < 1.29 is 18.0 Å². The Morgan fingerprint density at radius 2 is 1.57 bits per heavy atom. The third-order valence-electron chi connectivity index (χ3n) is 5.55. The van der Waals surface area contributed by atoms with Crippen LogP contribution < -0.4 is 5.32 Å². The molecule has 1 heterocycles. The summed E-state index contributed by atoms with van der Waals surface area (Å²) in [7, 11) is 0. The Labute approximate surface area is 205 Å². The lowest BCUT2D eigenvalue weighted by atomic mass is 9.95. The van der Waals surface area contributed by atoms with Gasteiger partial charge in [-0.2, -0.15) is 0 Å². The molecule has 0 aliphatic carbocycles. The molecule has 4 nitrogen and oxygen atoms in total. The Morgan fingerprint density at radius 1 is 0.914 bits per heavy atom. The molecule has 0 aliphatic heterocycles. The van der Waals surface area contributed by atoms with Crippen molar-refractivity contribution in [2.24, 2.45) is 0 Å². The molecule has 0 saturated carbocycles. The van der Waals surface area contributed by atoms with Crippen LogP contribution >= 0.6 is 11.6 Å². The number of rotatable bonds is 6. The third kappa shape index (κ3) is 5.20. The number of hydrogen-bond acceptors (Lipinski definition) is 3. The van der Waals surface area contributed by atoms with Gasteiger partial charge in [-0.05, 0) is 35.9 Å². The summed E-state index contributed by atoms with van der Waals surface area (Å²) in [5.41, 5.74) is 3.65. The van der Waals surface area contributed by atoms with Gasteiger partial charge in [-0.25, -0.2) is 13.2 Å². The van der Waals surface area contributed by atoms with Crippen LogP contribution in [-0.2, 0) is 10.7 Å². The fourth-order valence-corrected chi connectivity index (χ4v) is 4.01. The number of aromatic nitrogens is 2. The van der Waals surface area contributed by atoms with E-state index in [1.165, 1.54) is 56.6 Å². The van der Waals surface area contributed by atoms with Gasteiger partial charge in [-0.3, -0.25) is 14.8 Å². The molecular formula is C27H21ClF3N3O. The highest BCUT2D eigenvalue weighted by Gasteiger charge is 2.29. The highest BCUT2D eigenvalue weighted by Crippen LogP contribution is 2.38. The molecule has 0 radical (unpaired) electrons. The van der Waals surface area contributed by atoms with E-state index < -0.39 is 11.7 Å². The van der Waals surface area contributed by atoms with Crippen molar-refractivity contribution in [2.45, 2.75) is 26.2 Å². The Bertz CT molecular complexity index is 1390. The molecular weight excluding hydrogens is 475 g/mol. The van der Waals surface area contributed by atoms with Crippen molar-refractivity contribution in [3.05, 3.63) is 89.5 Å². The second kappa shape index (κ2) is 9.88. The molecule has 3 aromatic carbocycles. The van der Waals surface area contributed by atoms with Crippen LogP contribution in [0.2, 0.25) is 5.02 Å². The van der Waals surface area contributed by atoms with Gasteiger partial charge in [-0.15, -0.1) is 0 Å². The van der Waals surface area contributed by atoms with E-state index in [-0.39, 0.29) is 22.9 Å². The number of amides is 1. The first-order valence-electron chi connectivity index (χ1n) is 10.9. The first kappa shape index (κ1) is 24.4. The Balaban J connectivity index is 1.78. The van der Waals surface area contributed by atoms with Gasteiger partial charge < -0.3 is 5.32 Å². The van der Waals surface area contributed by atoms with E-state index in [0.717, 1.165) is 0 Å². The van der Waals surface area contributed by atoms with E-state index in [4.69, 9.17) is 11.6 Å². The van der Waals surface area contributed by atoms with E-state index in [1.807, 2.05) is 0 Å². The van der Waals surface area contributed by atoms with E-state index >= 15 is 0 Å². The first-order valence-corrected chi connectivity index (χ1v) is 11.2. The number of alkyl halides is 2. The highest BCUT2D eigenvalue weighted by molar-refractivity contribution is 6.33. The molecule has 1 aromatic heterocycles. The first-order chi connectivity index (χ1) is 16.7. The molecule has 0 aliphatic rings. The molecule has 4 rings (SSSR count). The standard InChI is InChI=1S/C27H21ClF3N3O/c1-3-27(30,31)19-8-11-24(34-16(2)35)22(14-19)17-4-6-18(7-5-17)25-26(33-13-12-32-25)21-10-9-20(29)15-23(21)28/h4-15H,3H2,1-2H3,(H,34,35). The third-order valence-corrected chi connectivity index (χ3v) is 5.86. The normalized spacial score (nSPS) is 11.4. The van der Waals surface area contributed by atoms with Crippen LogP contribution in [0.3, 0.4) is 0 Å². The number of nitrogens with one attached hydrogen (secondary N) is 1. The lowest BCUT2D eigenvalue weighted by Gasteiger charge is -2.18. The van der Waals surface area contributed by atoms with Gasteiger partial charge in [0.15, 0.2) is 0 Å². The van der Waals surface area contributed by atoms with Gasteiger partial charge >= 0.3 is 0 Å². The SMILES string of the molecule is CCC(F)(F)c1ccc(NC(C)=O)c(-c2ccc(-c3nccnc3-c3ccc(F)cc3Cl)cc2)c1. The summed E-state index contributed by atoms with van der Waals surface area (Å²) in [5.74, 6) is -3.76. The summed E-state index contributed by atoms with van der Waals surface area (Å²) in [6, 6.07) is 15.3. The molecule has 0 saturated heterocycles. The molecule has 8 heteroatoms. The Kier molecular flexibility index (Phi) is 6.89. The molecule has 178 valence electrons. The zero-order valence-electron chi connectivity index (χ0n) is 18.9. The molecule has 4 aromatic rings. The number of carbonyl (C=O) groups excluding carboxylic acids is 1. The van der Waals surface area contributed by atoms with Gasteiger partial charge in [-0.1, -0.05) is 48.9 Å². The van der Waals surface area contributed by atoms with Crippen LogP contribution in [0.4, 0.5) is 18.9 Å². The largest absolute Gasteiger partial charge is 0.326 e. The molecule has 35 heavy (non-hydrogen) atoms. The summed E-state index contributed by atoms with van der Waals surface area (Å²) in [5, 5.41) is 2.91. The van der Waals surface area contributed by atoms with Crippen LogP contribution in [0.25, 0.3) is 33.6 Å². The summed E-state index contributed by atoms with van der Waals surface area (Å²) >= 11 is 6.25. The Hall–Kier alpha value is -3.71. The number of halogens is 4. The quantitative estimate of drug-likeness (QED) is 0.298. The van der Waals surface area contributed by atoms with Crippen molar-refractivity contribution in [2.75, 3.05) is 5.32 Å². The van der Waals surface area contributed by atoms with Crippen LogP contribution in [0, 0.1) is 5.82 Å². The number of hydrogen-bond donors (Lipinski definition) is 1. The number of carbonyl (C=O) groups is 1. The average molecular weight is 496 g/mol. The van der Waals surface area contributed by atoms with Crippen molar-refractivity contribution in [3.63, 3.8) is 0 Å². The van der Waals surface area contributed by atoms with Crippen LogP contribution in [0.1, 0.15) is 25.8 Å². The molecule has 0 fully saturated rings. The minimum atomic E-state index is -2.99. The smallest absolute Gasteiger partial charge is 0.273 e. The van der Waals surface area contributed by atoms with Gasteiger partial charge in [0, 0.05) is 53.7 Å². The number of benzene rings is 3. The van der Waals surface area contributed by atoms with Crippen molar-refractivity contribution in [1.82, 2.24) is 9.97 Å². The topological polar surface area (TPSA) is 54.9 Å². The van der Waals surface area contributed by atoms with E-state index in [0.29, 0.717) is 39.3 Å². The van der Waals surface area contributed by atoms with Crippen molar-refractivity contribution in [3.8, 4) is 33.6 Å². The van der Waals surface area contributed by atoms with Gasteiger partial charge in [0.25, 0.3) is 5.92 Å². The minimum Gasteiger partial charge on any atom is -0.326 e. The van der Waals surface area contributed by atoms with Gasteiger partial charge in [0.1, 0.15) is 5.82 Å². The van der Waals surface area contributed by atoms with Crippen molar-refractivity contribution >= 4 is 23.2 Å². The summed E-state index contributed by atoms with van der Waals surface area (Å²) in [4.78, 5) is 20.5. The van der Waals surface area contributed by atoms with Crippen LogP contribution in [-0.4, -0.2) is 15.9 Å². The Morgan fingerprint density at radius 3 is 2.20 bits per heavy atom. The second-order valence-corrected chi connectivity index (χ2v) is 8.36. The van der Waals surface area contributed by atoms with Gasteiger partial charge in [0.05, 0.1) is 16.4 Å². The summed E-state index contributed by atoms with van der Waals surface area (Å²) in [6.07, 6.45) is 2.72. The molecule has 0 unspecified atom stereocenters. The van der Waals surface area contributed by atoms with Crippen molar-refractivity contribution in [1.29, 1.82) is 0 Å². The summed E-state index contributed by atoms with van der Waals surface area (Å²) < 4.78 is 42.3. The molecule has 0 bridgehead atoms. The van der Waals surface area contributed by atoms with Crippen LogP contribution in [0.15, 0.2) is 73.1 Å². The van der Waals surface area contributed by atoms with E-state index in [2.05, 4.69) is 15.3 Å². The number of anilines is 1. The van der Waals surface area contributed by atoms with Crippen LogP contribution in [0.5, 0.6) is 0 Å². The maximum atomic E-state index is 14.4. The lowest BCUT2D eigenvalue weighted by molar-refractivity contribution is -0.114. The molecule has 1 N–H and O–H groups in total. The number of nitrogens with zero attached hydrogens (tertiary/aromatic N) is 2. The lowest BCUT2D eigenvalue weighted by Crippen LogP contribution is -2.13. The summed E-state index contributed by atoms with van der Waals surface area (Å²) in [6.45, 7) is 2.78. The maximum absolute atomic E-state index is 14.4. The minimum absolute atomic E-state index is 0.129. The zero-order valence-corrected chi connectivity index (χ0v) is 19.7. The average Bonchev–Trinajstić information content (AvgIpc) is 2.84. The zero-order chi connectivity index (χ0) is 25.2. The maximum Gasteiger partial charge on any atom is 0.273 e. The predicted molar refractivity (Wildman–Crippen MR) is 132 cm³/mol. The molecule has 0 atom stereocenters. The second-order valence-electron chi connectivity index (χ2n) is 7.95. The van der Waals surface area contributed by atoms with Gasteiger partial charge in [0.2, 0.25) is 5.91 Å². The monoisotopic (exact) mass is 495 g/mol. The van der Waals surface area contributed by atoms with E-state index in [1.54, 1.807) is 30.3 Å². The molecule has 0 spiro atoms. The van der Waals surface area contributed by atoms with E-state index in [9.17, 15) is 18.0 Å². The molecule has 1 amide bonds. The predicted octanol–water partition coefficient (Wildman–Crippen LogP) is 7.73. The fraction of sp³-hybridized carbons (Fsp3) is 0.148.